The van der Waals surface area contributed by atoms with Crippen molar-refractivity contribution in [2.75, 3.05) is 38.2 Å². The minimum atomic E-state index is -0.511. The molecule has 0 aliphatic carbocycles. The number of likely N-dealkylation sites (N-methyl/N-ethyl adjacent to an activating group) is 1. The minimum absolute atomic E-state index is 0.331. The predicted molar refractivity (Wildman–Crippen MR) is 111 cm³/mol. The Morgan fingerprint density at radius 1 is 1.44 bits per heavy atom. The first-order chi connectivity index (χ1) is 12.7. The average molecular weight is 457 g/mol. The van der Waals surface area contributed by atoms with Crippen molar-refractivity contribution >= 4 is 50.2 Å². The molecular formula is C19H23BrClN3O3. The van der Waals surface area contributed by atoms with Crippen LogP contribution >= 0.6 is 27.5 Å². The summed E-state index contributed by atoms with van der Waals surface area (Å²) in [5.74, 6) is 0.729. The molecule has 3 rings (SSSR count). The maximum atomic E-state index is 12.2. The fraction of sp³-hybridized carbons (Fsp3) is 0.474. The predicted octanol–water partition coefficient (Wildman–Crippen LogP) is 4.72. The molecule has 2 heterocycles. The molecule has 146 valence electrons. The number of fused-ring (bicyclic) bond motifs is 3. The van der Waals surface area contributed by atoms with Gasteiger partial charge in [-0.1, -0.05) is 11.6 Å². The molecule has 0 saturated heterocycles. The number of pyridine rings is 1. The number of hydrogen-bond acceptors (Lipinski definition) is 5. The highest BCUT2D eigenvalue weighted by Crippen LogP contribution is 2.40. The lowest BCUT2D eigenvalue weighted by molar-refractivity contribution is 0.0303. The van der Waals surface area contributed by atoms with E-state index < -0.39 is 5.60 Å². The van der Waals surface area contributed by atoms with Crippen LogP contribution in [-0.4, -0.2) is 54.9 Å². The van der Waals surface area contributed by atoms with Crippen LogP contribution < -0.4 is 9.64 Å². The third kappa shape index (κ3) is 4.58. The summed E-state index contributed by atoms with van der Waals surface area (Å²) in [5.41, 5.74) is 1.28. The van der Waals surface area contributed by atoms with E-state index in [1.165, 1.54) is 0 Å². The molecule has 1 aromatic heterocycles. The highest BCUT2D eigenvalue weighted by atomic mass is 79.9. The highest BCUT2D eigenvalue weighted by molar-refractivity contribution is 9.10. The summed E-state index contributed by atoms with van der Waals surface area (Å²) in [6, 6.07) is 3.80. The summed E-state index contributed by atoms with van der Waals surface area (Å²) < 4.78 is 12.0. The van der Waals surface area contributed by atoms with Crippen LogP contribution in [0.1, 0.15) is 20.8 Å². The molecule has 0 N–H and O–H groups in total. The third-order valence-corrected chi connectivity index (χ3v) is 5.39. The first-order valence-corrected chi connectivity index (χ1v) is 9.92. The van der Waals surface area contributed by atoms with E-state index in [9.17, 15) is 4.79 Å². The SMILES string of the molecule is CN(CCN1CCOc2cnc3cc(Br)c(Cl)cc3c21)C(=O)OC(C)(C)C. The second kappa shape index (κ2) is 7.72. The molecule has 1 aliphatic rings. The zero-order chi connectivity index (χ0) is 19.8. The molecule has 2 aromatic rings. The van der Waals surface area contributed by atoms with Crippen LogP contribution in [0.15, 0.2) is 22.8 Å². The van der Waals surface area contributed by atoms with Crippen molar-refractivity contribution in [3.05, 3.63) is 27.8 Å². The van der Waals surface area contributed by atoms with E-state index in [4.69, 9.17) is 21.1 Å². The number of hydrogen-bond donors (Lipinski definition) is 0. The first kappa shape index (κ1) is 20.0. The largest absolute Gasteiger partial charge is 0.488 e. The molecular weight excluding hydrogens is 434 g/mol. The van der Waals surface area contributed by atoms with Gasteiger partial charge in [0.15, 0.2) is 5.75 Å². The van der Waals surface area contributed by atoms with E-state index >= 15 is 0 Å². The Balaban J connectivity index is 1.82. The maximum absolute atomic E-state index is 12.2. The van der Waals surface area contributed by atoms with E-state index in [1.807, 2.05) is 32.9 Å². The fourth-order valence-corrected chi connectivity index (χ4v) is 3.38. The van der Waals surface area contributed by atoms with Gasteiger partial charge in [0.05, 0.1) is 29.0 Å². The number of halogens is 2. The van der Waals surface area contributed by atoms with Gasteiger partial charge in [-0.05, 0) is 48.8 Å². The molecule has 1 aromatic carbocycles. The molecule has 0 bridgehead atoms. The van der Waals surface area contributed by atoms with Gasteiger partial charge in [0.2, 0.25) is 0 Å². The van der Waals surface area contributed by atoms with Gasteiger partial charge in [-0.25, -0.2) is 4.79 Å². The van der Waals surface area contributed by atoms with Crippen LogP contribution in [0.2, 0.25) is 5.02 Å². The van der Waals surface area contributed by atoms with Gasteiger partial charge >= 0.3 is 6.09 Å². The van der Waals surface area contributed by atoms with E-state index in [-0.39, 0.29) is 6.09 Å². The number of benzene rings is 1. The Hall–Kier alpha value is -1.73. The minimum Gasteiger partial charge on any atom is -0.488 e. The smallest absolute Gasteiger partial charge is 0.410 e. The average Bonchev–Trinajstić information content (AvgIpc) is 2.59. The Labute approximate surface area is 172 Å². The summed E-state index contributed by atoms with van der Waals surface area (Å²) in [7, 11) is 1.74. The zero-order valence-corrected chi connectivity index (χ0v) is 18.2. The van der Waals surface area contributed by atoms with Crippen molar-refractivity contribution in [1.82, 2.24) is 9.88 Å². The monoisotopic (exact) mass is 455 g/mol. The van der Waals surface area contributed by atoms with Crippen LogP contribution in [0.25, 0.3) is 10.9 Å². The van der Waals surface area contributed by atoms with Crippen molar-refractivity contribution < 1.29 is 14.3 Å². The van der Waals surface area contributed by atoms with E-state index in [0.29, 0.717) is 24.7 Å². The number of rotatable bonds is 3. The molecule has 1 amide bonds. The van der Waals surface area contributed by atoms with E-state index in [2.05, 4.69) is 25.8 Å². The summed E-state index contributed by atoms with van der Waals surface area (Å²) in [5, 5.41) is 1.55. The summed E-state index contributed by atoms with van der Waals surface area (Å²) in [4.78, 5) is 20.5. The number of aromatic nitrogens is 1. The standard InChI is InChI=1S/C19H23BrClN3O3/c1-19(2,3)27-18(25)23(4)5-6-24-7-8-26-16-11-22-15-10-13(20)14(21)9-12(15)17(16)24/h9-11H,5-8H2,1-4H3. The van der Waals surface area contributed by atoms with E-state index in [1.54, 1.807) is 18.1 Å². The first-order valence-electron chi connectivity index (χ1n) is 8.75. The van der Waals surface area contributed by atoms with Gasteiger partial charge in [-0.15, -0.1) is 0 Å². The molecule has 1 aliphatic heterocycles. The Bertz CT molecular complexity index is 869. The van der Waals surface area contributed by atoms with Crippen LogP contribution in [-0.2, 0) is 4.74 Å². The van der Waals surface area contributed by atoms with Crippen LogP contribution in [0.5, 0.6) is 5.75 Å². The van der Waals surface area contributed by atoms with Gasteiger partial charge in [0.25, 0.3) is 0 Å². The second-order valence-electron chi connectivity index (χ2n) is 7.49. The van der Waals surface area contributed by atoms with Gasteiger partial charge in [-0.2, -0.15) is 0 Å². The lowest BCUT2D eigenvalue weighted by Gasteiger charge is -2.33. The van der Waals surface area contributed by atoms with E-state index in [0.717, 1.165) is 33.4 Å². The molecule has 0 saturated carbocycles. The molecule has 0 unspecified atom stereocenters. The third-order valence-electron chi connectivity index (χ3n) is 4.19. The van der Waals surface area contributed by atoms with Crippen LogP contribution in [0.3, 0.4) is 0 Å². The number of anilines is 1. The summed E-state index contributed by atoms with van der Waals surface area (Å²) in [6.45, 7) is 8.05. The molecule has 0 fully saturated rings. The van der Waals surface area contributed by atoms with Crippen LogP contribution in [0, 0.1) is 0 Å². The lowest BCUT2D eigenvalue weighted by atomic mass is 10.1. The maximum Gasteiger partial charge on any atom is 0.410 e. The number of carbonyl (C=O) groups is 1. The number of carbonyl (C=O) groups excluding carboxylic acids is 1. The fourth-order valence-electron chi connectivity index (χ4n) is 2.89. The quantitative estimate of drug-likeness (QED) is 0.669. The van der Waals surface area contributed by atoms with Gasteiger partial charge in [0.1, 0.15) is 12.2 Å². The normalized spacial score (nSPS) is 13.9. The van der Waals surface area contributed by atoms with Crippen molar-refractivity contribution in [3.63, 3.8) is 0 Å². The van der Waals surface area contributed by atoms with Crippen molar-refractivity contribution in [2.24, 2.45) is 0 Å². The molecule has 27 heavy (non-hydrogen) atoms. The van der Waals surface area contributed by atoms with Gasteiger partial charge < -0.3 is 19.3 Å². The Kier molecular flexibility index (Phi) is 5.72. The molecule has 0 radical (unpaired) electrons. The Morgan fingerprint density at radius 3 is 2.89 bits per heavy atom. The van der Waals surface area contributed by atoms with Crippen molar-refractivity contribution in [1.29, 1.82) is 0 Å². The molecule has 0 spiro atoms. The van der Waals surface area contributed by atoms with Gasteiger partial charge in [0, 0.05) is 30.0 Å². The molecule has 6 nitrogen and oxygen atoms in total. The zero-order valence-electron chi connectivity index (χ0n) is 15.9. The molecule has 8 heteroatoms. The highest BCUT2D eigenvalue weighted by Gasteiger charge is 2.24. The number of amides is 1. The lowest BCUT2D eigenvalue weighted by Crippen LogP contribution is -2.41. The van der Waals surface area contributed by atoms with Gasteiger partial charge in [-0.3, -0.25) is 4.98 Å². The topological polar surface area (TPSA) is 54.9 Å². The van der Waals surface area contributed by atoms with Crippen LogP contribution in [0.4, 0.5) is 10.5 Å². The number of nitrogens with zero attached hydrogens (tertiary/aromatic N) is 3. The summed E-state index contributed by atoms with van der Waals surface area (Å²) in [6.07, 6.45) is 1.41. The Morgan fingerprint density at radius 2 is 2.19 bits per heavy atom. The summed E-state index contributed by atoms with van der Waals surface area (Å²) >= 11 is 9.75. The number of ether oxygens (including phenoxy) is 2. The van der Waals surface area contributed by atoms with Crippen molar-refractivity contribution in [3.8, 4) is 5.75 Å². The molecule has 0 atom stereocenters. The second-order valence-corrected chi connectivity index (χ2v) is 8.75. The van der Waals surface area contributed by atoms with Crippen molar-refractivity contribution in [2.45, 2.75) is 26.4 Å².